The Morgan fingerprint density at radius 2 is 1.74 bits per heavy atom. The van der Waals surface area contributed by atoms with E-state index in [1.54, 1.807) is 4.90 Å². The molecule has 4 amide bonds. The van der Waals surface area contributed by atoms with E-state index in [1.807, 2.05) is 12.4 Å². The fraction of sp³-hybridized carbons (Fsp3) is 0.609. The molecule has 1 aromatic rings. The molecule has 0 aliphatic carbocycles. The number of urea groups is 1. The maximum Gasteiger partial charge on any atom is 0.414 e. The SMILES string of the molecule is CN1CCN(C(=O)N2CCCN(c3c(F)cc(N4C[C@H](CNC(=O)C(F)F)OC4=O)cc3F)CCO2)CC1. The molecule has 15 heteroatoms. The highest BCUT2D eigenvalue weighted by atomic mass is 19.3. The molecule has 0 aromatic heterocycles. The molecule has 0 spiro atoms. The van der Waals surface area contributed by atoms with Crippen LogP contribution < -0.4 is 15.1 Å². The topological polar surface area (TPSA) is 97.9 Å². The summed E-state index contributed by atoms with van der Waals surface area (Å²) in [4.78, 5) is 48.0. The number of piperazine rings is 1. The number of hydrogen-bond acceptors (Lipinski definition) is 7. The average Bonchev–Trinajstić information content (AvgIpc) is 3.23. The van der Waals surface area contributed by atoms with E-state index < -0.39 is 36.2 Å². The van der Waals surface area contributed by atoms with Gasteiger partial charge in [0.1, 0.15) is 11.8 Å². The van der Waals surface area contributed by atoms with Crippen LogP contribution in [0.15, 0.2) is 12.1 Å². The number of nitrogens with one attached hydrogen (secondary N) is 1. The summed E-state index contributed by atoms with van der Waals surface area (Å²) >= 11 is 0. The Balaban J connectivity index is 1.36. The number of amides is 4. The summed E-state index contributed by atoms with van der Waals surface area (Å²) in [5, 5.41) is 3.25. The van der Waals surface area contributed by atoms with Gasteiger partial charge in [0.15, 0.2) is 11.6 Å². The number of carbonyl (C=O) groups is 3. The summed E-state index contributed by atoms with van der Waals surface area (Å²) in [6, 6.07) is 1.75. The molecule has 0 bridgehead atoms. The lowest BCUT2D eigenvalue weighted by atomic mass is 10.2. The molecule has 11 nitrogen and oxygen atoms in total. The van der Waals surface area contributed by atoms with Gasteiger partial charge in [-0.05, 0) is 13.5 Å². The quantitative estimate of drug-likeness (QED) is 0.559. The highest BCUT2D eigenvalue weighted by molar-refractivity contribution is 5.90. The summed E-state index contributed by atoms with van der Waals surface area (Å²) < 4.78 is 59.9. The van der Waals surface area contributed by atoms with E-state index in [1.165, 1.54) is 9.96 Å². The van der Waals surface area contributed by atoms with E-state index in [0.29, 0.717) is 19.5 Å². The van der Waals surface area contributed by atoms with Crippen molar-refractivity contribution in [2.24, 2.45) is 0 Å². The molecule has 3 aliphatic rings. The third kappa shape index (κ3) is 6.38. The molecular weight excluding hydrogens is 516 g/mol. The molecule has 0 radical (unpaired) electrons. The first-order chi connectivity index (χ1) is 18.1. The molecule has 4 rings (SSSR count). The summed E-state index contributed by atoms with van der Waals surface area (Å²) in [5.74, 6) is -3.33. The van der Waals surface area contributed by atoms with E-state index in [2.05, 4.69) is 4.90 Å². The Kier molecular flexibility index (Phi) is 8.76. The van der Waals surface area contributed by atoms with Crippen molar-refractivity contribution in [2.75, 3.05) is 82.4 Å². The minimum absolute atomic E-state index is 0.0323. The molecule has 3 aliphatic heterocycles. The number of anilines is 2. The smallest absolute Gasteiger partial charge is 0.414 e. The first-order valence-electron chi connectivity index (χ1n) is 12.3. The standard InChI is InChI=1S/C23H30F4N6O5/c1-29-5-7-31(8-6-29)22(35)33-4-2-3-30(9-10-37-33)19-17(24)11-15(12-18(19)25)32-14-16(38-23(32)36)13-28-21(34)20(26)27/h11-12,16,20H,2-10,13-14H2,1H3,(H,28,34)/t16-/m0/s1. The molecule has 1 aromatic carbocycles. The van der Waals surface area contributed by atoms with Crippen molar-refractivity contribution in [3.8, 4) is 0 Å². The summed E-state index contributed by atoms with van der Waals surface area (Å²) in [7, 11) is 1.99. The molecule has 0 saturated carbocycles. The van der Waals surface area contributed by atoms with Gasteiger partial charge in [-0.15, -0.1) is 0 Å². The molecule has 3 saturated heterocycles. The molecule has 1 atom stereocenters. The summed E-state index contributed by atoms with van der Waals surface area (Å²) in [6.45, 7) is 2.86. The lowest BCUT2D eigenvalue weighted by molar-refractivity contribution is -0.132. The highest BCUT2D eigenvalue weighted by Gasteiger charge is 2.35. The second kappa shape index (κ2) is 12.0. The average molecular weight is 547 g/mol. The first kappa shape index (κ1) is 27.7. The van der Waals surface area contributed by atoms with E-state index >= 15 is 8.78 Å². The van der Waals surface area contributed by atoms with E-state index in [-0.39, 0.29) is 56.7 Å². The number of ether oxygens (including phenoxy) is 1. The van der Waals surface area contributed by atoms with Gasteiger partial charge < -0.3 is 24.8 Å². The van der Waals surface area contributed by atoms with Crippen molar-refractivity contribution in [3.05, 3.63) is 23.8 Å². The van der Waals surface area contributed by atoms with Crippen molar-refractivity contribution in [1.82, 2.24) is 20.2 Å². The Morgan fingerprint density at radius 3 is 2.39 bits per heavy atom. The number of rotatable bonds is 5. The predicted molar refractivity (Wildman–Crippen MR) is 127 cm³/mol. The number of halogens is 4. The molecule has 3 heterocycles. The van der Waals surface area contributed by atoms with Crippen LogP contribution in [0.4, 0.5) is 38.5 Å². The number of hydroxylamine groups is 2. The molecule has 1 N–H and O–H groups in total. The number of carbonyl (C=O) groups excluding carboxylic acids is 3. The van der Waals surface area contributed by atoms with Crippen LogP contribution in [0.3, 0.4) is 0 Å². The number of likely N-dealkylation sites (N-methyl/N-ethyl adjacent to an activating group) is 1. The van der Waals surface area contributed by atoms with Crippen LogP contribution in [-0.2, 0) is 14.4 Å². The first-order valence-corrected chi connectivity index (χ1v) is 12.3. The molecule has 210 valence electrons. The van der Waals surface area contributed by atoms with Crippen LogP contribution >= 0.6 is 0 Å². The molecule has 3 fully saturated rings. The zero-order chi connectivity index (χ0) is 27.4. The molecular formula is C23H30F4N6O5. The van der Waals surface area contributed by atoms with Gasteiger partial charge in [-0.1, -0.05) is 0 Å². The number of hydrogen-bond donors (Lipinski definition) is 1. The van der Waals surface area contributed by atoms with Gasteiger partial charge in [-0.2, -0.15) is 8.78 Å². The molecule has 0 unspecified atom stereocenters. The fourth-order valence-electron chi connectivity index (χ4n) is 4.51. The van der Waals surface area contributed by atoms with Crippen LogP contribution in [-0.4, -0.2) is 118 Å². The van der Waals surface area contributed by atoms with Crippen LogP contribution in [0.5, 0.6) is 0 Å². The van der Waals surface area contributed by atoms with Crippen LogP contribution in [0, 0.1) is 11.6 Å². The predicted octanol–water partition coefficient (Wildman–Crippen LogP) is 1.48. The third-order valence-electron chi connectivity index (χ3n) is 6.59. The highest BCUT2D eigenvalue weighted by Crippen LogP contribution is 2.31. The third-order valence-corrected chi connectivity index (χ3v) is 6.59. The van der Waals surface area contributed by atoms with Crippen molar-refractivity contribution in [2.45, 2.75) is 19.0 Å². The van der Waals surface area contributed by atoms with Gasteiger partial charge in [-0.25, -0.2) is 23.4 Å². The Morgan fingerprint density at radius 1 is 1.05 bits per heavy atom. The normalized spacial score (nSPS) is 21.4. The second-order valence-electron chi connectivity index (χ2n) is 9.27. The van der Waals surface area contributed by atoms with E-state index in [9.17, 15) is 23.2 Å². The van der Waals surface area contributed by atoms with Crippen LogP contribution in [0.1, 0.15) is 6.42 Å². The number of nitrogens with zero attached hydrogens (tertiary/aromatic N) is 5. The number of cyclic esters (lactones) is 1. The summed E-state index contributed by atoms with van der Waals surface area (Å²) in [6.07, 6.45) is -4.69. The Bertz CT molecular complexity index is 1010. The van der Waals surface area contributed by atoms with Crippen LogP contribution in [0.2, 0.25) is 0 Å². The van der Waals surface area contributed by atoms with Gasteiger partial charge >= 0.3 is 18.5 Å². The van der Waals surface area contributed by atoms with Crippen LogP contribution in [0.25, 0.3) is 0 Å². The lowest BCUT2D eigenvalue weighted by Gasteiger charge is -2.37. The number of benzene rings is 1. The Labute approximate surface area is 216 Å². The molecule has 38 heavy (non-hydrogen) atoms. The van der Waals surface area contributed by atoms with Crippen molar-refractivity contribution >= 4 is 29.4 Å². The van der Waals surface area contributed by atoms with Gasteiger partial charge in [0.2, 0.25) is 0 Å². The Hall–Kier alpha value is -3.33. The zero-order valence-electron chi connectivity index (χ0n) is 20.9. The largest absolute Gasteiger partial charge is 0.442 e. The van der Waals surface area contributed by atoms with Crippen molar-refractivity contribution in [3.63, 3.8) is 0 Å². The second-order valence-corrected chi connectivity index (χ2v) is 9.27. The maximum atomic E-state index is 15.1. The lowest BCUT2D eigenvalue weighted by Crippen LogP contribution is -2.53. The van der Waals surface area contributed by atoms with Gasteiger partial charge in [-0.3, -0.25) is 14.5 Å². The number of alkyl halides is 2. The van der Waals surface area contributed by atoms with Gasteiger partial charge in [0.25, 0.3) is 5.91 Å². The fourth-order valence-corrected chi connectivity index (χ4v) is 4.51. The van der Waals surface area contributed by atoms with Crippen molar-refractivity contribution in [1.29, 1.82) is 0 Å². The zero-order valence-corrected chi connectivity index (χ0v) is 20.9. The monoisotopic (exact) mass is 546 g/mol. The van der Waals surface area contributed by atoms with Gasteiger partial charge in [0, 0.05) is 51.4 Å². The maximum absolute atomic E-state index is 15.1. The van der Waals surface area contributed by atoms with E-state index in [0.717, 1.165) is 30.1 Å². The minimum atomic E-state index is -3.21. The van der Waals surface area contributed by atoms with Crippen molar-refractivity contribution < 1.29 is 41.5 Å². The minimum Gasteiger partial charge on any atom is -0.442 e. The van der Waals surface area contributed by atoms with E-state index in [4.69, 9.17) is 9.57 Å². The van der Waals surface area contributed by atoms with Gasteiger partial charge in [0.05, 0.1) is 31.9 Å². The summed E-state index contributed by atoms with van der Waals surface area (Å²) in [5.41, 5.74) is -0.395.